The first-order valence-corrected chi connectivity index (χ1v) is 7.09. The van der Waals surface area contributed by atoms with Crippen molar-refractivity contribution in [3.05, 3.63) is 66.5 Å². The van der Waals surface area contributed by atoms with Crippen LogP contribution in [-0.4, -0.2) is 15.1 Å². The molecule has 4 rings (SSSR count). The zero-order valence-corrected chi connectivity index (χ0v) is 12.2. The second-order valence-corrected chi connectivity index (χ2v) is 5.07. The van der Waals surface area contributed by atoms with E-state index < -0.39 is 0 Å². The highest BCUT2D eigenvalue weighted by atomic mass is 19.1. The Balaban J connectivity index is 1.82. The van der Waals surface area contributed by atoms with Crippen molar-refractivity contribution in [2.24, 2.45) is 0 Å². The van der Waals surface area contributed by atoms with Crippen LogP contribution in [0.5, 0.6) is 0 Å². The lowest BCUT2D eigenvalue weighted by Crippen LogP contribution is -1.96. The number of rotatable bonds is 3. The average molecular weight is 324 g/mol. The monoisotopic (exact) mass is 324 g/mol. The van der Waals surface area contributed by atoms with Crippen LogP contribution in [0, 0.1) is 11.6 Å². The van der Waals surface area contributed by atoms with Gasteiger partial charge in [-0.25, -0.2) is 13.8 Å². The number of halogens is 2. The Kier molecular flexibility index (Phi) is 3.38. The molecule has 118 valence electrons. The van der Waals surface area contributed by atoms with E-state index in [2.05, 4.69) is 20.4 Å². The maximum Gasteiger partial charge on any atom is 0.263 e. The summed E-state index contributed by atoms with van der Waals surface area (Å²) in [6.45, 7) is 0. The summed E-state index contributed by atoms with van der Waals surface area (Å²) in [5.74, 6) is -0.204. The molecule has 2 heterocycles. The normalized spacial score (nSPS) is 10.9. The number of benzene rings is 2. The van der Waals surface area contributed by atoms with Gasteiger partial charge in [-0.05, 0) is 48.5 Å². The zero-order chi connectivity index (χ0) is 16.5. The maximum atomic E-state index is 13.1. The molecule has 0 bridgehead atoms. The fraction of sp³-hybridized carbons (Fsp3) is 0. The first-order valence-electron chi connectivity index (χ1n) is 7.09. The molecule has 2 aromatic carbocycles. The molecule has 0 radical (unpaired) electrons. The average Bonchev–Trinajstić information content (AvgIpc) is 3.03. The highest BCUT2D eigenvalue weighted by Gasteiger charge is 2.17. The Morgan fingerprint density at radius 3 is 2.21 bits per heavy atom. The lowest BCUT2D eigenvalue weighted by molar-refractivity contribution is 0.451. The molecule has 5 nitrogen and oxygen atoms in total. The Labute approximate surface area is 135 Å². The molecule has 4 aromatic rings. The van der Waals surface area contributed by atoms with Crippen LogP contribution in [0.4, 0.5) is 20.3 Å². The van der Waals surface area contributed by atoms with Crippen molar-refractivity contribution >= 4 is 22.6 Å². The summed E-state index contributed by atoms with van der Waals surface area (Å²) in [5, 5.41) is 7.66. The minimum absolute atomic E-state index is 0.300. The Hall–Kier alpha value is -3.35. The number of hydrogen-bond acceptors (Lipinski definition) is 5. The smallest absolute Gasteiger partial charge is 0.263 e. The fourth-order valence-corrected chi connectivity index (χ4v) is 2.36. The number of nitrogens with one attached hydrogen (secondary N) is 1. The molecule has 0 aliphatic heterocycles. The molecule has 2 aromatic heterocycles. The minimum atomic E-state index is -0.340. The van der Waals surface area contributed by atoms with Gasteiger partial charge >= 0.3 is 0 Å². The van der Waals surface area contributed by atoms with E-state index in [1.54, 1.807) is 24.3 Å². The van der Waals surface area contributed by atoms with Crippen LogP contribution in [0.1, 0.15) is 0 Å². The van der Waals surface area contributed by atoms with Crippen molar-refractivity contribution < 1.29 is 13.3 Å². The summed E-state index contributed by atoms with van der Waals surface area (Å²) < 4.78 is 31.4. The second-order valence-electron chi connectivity index (χ2n) is 5.07. The van der Waals surface area contributed by atoms with E-state index in [0.29, 0.717) is 33.9 Å². The van der Waals surface area contributed by atoms with Crippen LogP contribution in [0.15, 0.2) is 59.4 Å². The van der Waals surface area contributed by atoms with Gasteiger partial charge < -0.3 is 9.84 Å². The first-order chi connectivity index (χ1) is 11.7. The van der Waals surface area contributed by atoms with Crippen LogP contribution in [0.25, 0.3) is 22.4 Å². The van der Waals surface area contributed by atoms with Crippen molar-refractivity contribution in [1.82, 2.24) is 15.1 Å². The third-order valence-electron chi connectivity index (χ3n) is 3.50. The third kappa shape index (κ3) is 2.56. The fourth-order valence-electron chi connectivity index (χ4n) is 2.36. The lowest BCUT2D eigenvalue weighted by atomic mass is 10.1. The lowest BCUT2D eigenvalue weighted by Gasteiger charge is -2.06. The van der Waals surface area contributed by atoms with Crippen molar-refractivity contribution in [2.45, 2.75) is 0 Å². The summed E-state index contributed by atoms with van der Waals surface area (Å²) in [6, 6.07) is 11.7. The highest BCUT2D eigenvalue weighted by molar-refractivity contribution is 5.98. The molecule has 24 heavy (non-hydrogen) atoms. The Morgan fingerprint density at radius 1 is 0.833 bits per heavy atom. The minimum Gasteiger partial charge on any atom is -0.339 e. The number of nitrogens with zero attached hydrogens (tertiary/aromatic N) is 3. The quantitative estimate of drug-likeness (QED) is 0.608. The van der Waals surface area contributed by atoms with E-state index in [1.807, 2.05) is 0 Å². The number of anilines is 2. The molecule has 0 unspecified atom stereocenters. The molecule has 0 aliphatic rings. The van der Waals surface area contributed by atoms with Crippen molar-refractivity contribution in [2.75, 3.05) is 5.32 Å². The van der Waals surface area contributed by atoms with Gasteiger partial charge in [0.05, 0.1) is 0 Å². The highest BCUT2D eigenvalue weighted by Crippen LogP contribution is 2.32. The van der Waals surface area contributed by atoms with Gasteiger partial charge in [-0.2, -0.15) is 4.98 Å². The van der Waals surface area contributed by atoms with Gasteiger partial charge in [-0.15, -0.1) is 0 Å². The largest absolute Gasteiger partial charge is 0.339 e. The second kappa shape index (κ2) is 5.69. The van der Waals surface area contributed by atoms with Crippen molar-refractivity contribution in [3.8, 4) is 11.3 Å². The van der Waals surface area contributed by atoms with Crippen LogP contribution < -0.4 is 5.32 Å². The topological polar surface area (TPSA) is 63.8 Å². The van der Waals surface area contributed by atoms with Gasteiger partial charge in [-0.1, -0.05) is 5.16 Å². The summed E-state index contributed by atoms with van der Waals surface area (Å²) in [7, 11) is 0. The van der Waals surface area contributed by atoms with Crippen molar-refractivity contribution in [3.63, 3.8) is 0 Å². The summed E-state index contributed by atoms with van der Waals surface area (Å²) >= 11 is 0. The van der Waals surface area contributed by atoms with Gasteiger partial charge in [0.1, 0.15) is 34.9 Å². The summed E-state index contributed by atoms with van der Waals surface area (Å²) in [5.41, 5.74) is 2.12. The molecule has 0 aliphatic carbocycles. The number of fused-ring (bicyclic) bond motifs is 1. The zero-order valence-electron chi connectivity index (χ0n) is 12.2. The van der Waals surface area contributed by atoms with E-state index in [9.17, 15) is 8.78 Å². The number of hydrogen-bond donors (Lipinski definition) is 1. The standard InChI is InChI=1S/C17H10F2N4O/c18-11-3-1-10(2-4-11)15-14-16(20-9-21-17(14)24-23-15)22-13-7-5-12(19)6-8-13/h1-9H,(H,20,21,22). The van der Waals surface area contributed by atoms with E-state index in [4.69, 9.17) is 4.52 Å². The van der Waals surface area contributed by atoms with E-state index in [0.717, 1.165) is 0 Å². The maximum absolute atomic E-state index is 13.1. The molecule has 0 spiro atoms. The SMILES string of the molecule is Fc1ccc(Nc2ncnc3onc(-c4ccc(F)cc4)c23)cc1. The predicted octanol–water partition coefficient (Wildman–Crippen LogP) is 4.31. The van der Waals surface area contributed by atoms with Gasteiger partial charge in [-0.3, -0.25) is 0 Å². The van der Waals surface area contributed by atoms with Crippen LogP contribution in [0.2, 0.25) is 0 Å². The van der Waals surface area contributed by atoms with Gasteiger partial charge in [0.15, 0.2) is 0 Å². The molecule has 0 fully saturated rings. The van der Waals surface area contributed by atoms with Crippen LogP contribution >= 0.6 is 0 Å². The van der Waals surface area contributed by atoms with Crippen LogP contribution in [-0.2, 0) is 0 Å². The Morgan fingerprint density at radius 2 is 1.50 bits per heavy atom. The summed E-state index contributed by atoms with van der Waals surface area (Å²) in [4.78, 5) is 8.26. The molecule has 0 atom stereocenters. The summed E-state index contributed by atoms with van der Waals surface area (Å²) in [6.07, 6.45) is 1.34. The molecule has 0 saturated heterocycles. The van der Waals surface area contributed by atoms with E-state index in [-0.39, 0.29) is 11.6 Å². The Bertz CT molecular complexity index is 997. The third-order valence-corrected chi connectivity index (χ3v) is 3.50. The molecule has 7 heteroatoms. The molecule has 1 N–H and O–H groups in total. The van der Waals surface area contributed by atoms with Gasteiger partial charge in [0.2, 0.25) is 0 Å². The molecular formula is C17H10F2N4O. The molecule has 0 amide bonds. The van der Waals surface area contributed by atoms with Crippen molar-refractivity contribution in [1.29, 1.82) is 0 Å². The van der Waals surface area contributed by atoms with Gasteiger partial charge in [0.25, 0.3) is 5.71 Å². The van der Waals surface area contributed by atoms with E-state index >= 15 is 0 Å². The predicted molar refractivity (Wildman–Crippen MR) is 84.7 cm³/mol. The van der Waals surface area contributed by atoms with Gasteiger partial charge in [0, 0.05) is 11.3 Å². The van der Waals surface area contributed by atoms with E-state index in [1.165, 1.54) is 30.6 Å². The first kappa shape index (κ1) is 14.3. The molecular weight excluding hydrogens is 314 g/mol. The molecule has 0 saturated carbocycles. The van der Waals surface area contributed by atoms with Crippen LogP contribution in [0.3, 0.4) is 0 Å². The number of aromatic nitrogens is 3.